The van der Waals surface area contributed by atoms with Gasteiger partial charge in [-0.2, -0.15) is 0 Å². The van der Waals surface area contributed by atoms with E-state index in [2.05, 4.69) is 5.32 Å². The Kier molecular flexibility index (Phi) is 4.08. The Bertz CT molecular complexity index is 255. The van der Waals surface area contributed by atoms with Crippen LogP contribution in [0.15, 0.2) is 0 Å². The van der Waals surface area contributed by atoms with Crippen molar-refractivity contribution in [2.24, 2.45) is 11.7 Å². The molecule has 1 aliphatic rings. The van der Waals surface area contributed by atoms with Crippen molar-refractivity contribution in [3.63, 3.8) is 0 Å². The van der Waals surface area contributed by atoms with E-state index in [0.717, 1.165) is 25.7 Å². The van der Waals surface area contributed by atoms with E-state index in [-0.39, 0.29) is 17.9 Å². The van der Waals surface area contributed by atoms with E-state index in [9.17, 15) is 9.59 Å². The Morgan fingerprint density at radius 2 is 2.00 bits per heavy atom. The second kappa shape index (κ2) is 5.11. The number of carboxylic acids is 1. The van der Waals surface area contributed by atoms with Gasteiger partial charge in [0.05, 0.1) is 5.92 Å². The fourth-order valence-corrected chi connectivity index (χ4v) is 1.87. The third-order valence-corrected chi connectivity index (χ3v) is 2.89. The van der Waals surface area contributed by atoms with Gasteiger partial charge in [-0.1, -0.05) is 12.8 Å². The molecule has 3 atom stereocenters. The summed E-state index contributed by atoms with van der Waals surface area (Å²) in [5, 5.41) is 11.1. The number of nitrogens with two attached hydrogens (primary N) is 1. The molecular formula is C10H18N2O3. The van der Waals surface area contributed by atoms with Crippen molar-refractivity contribution in [1.29, 1.82) is 0 Å². The molecule has 0 saturated heterocycles. The molecule has 0 bridgehead atoms. The molecule has 0 spiro atoms. The van der Waals surface area contributed by atoms with Crippen molar-refractivity contribution < 1.29 is 14.7 Å². The highest BCUT2D eigenvalue weighted by Gasteiger charge is 2.29. The molecule has 0 aromatic heterocycles. The molecule has 1 rings (SSSR count). The molecule has 0 aromatic carbocycles. The first-order chi connectivity index (χ1) is 7.02. The third kappa shape index (κ3) is 3.20. The maximum absolute atomic E-state index is 11.7. The summed E-state index contributed by atoms with van der Waals surface area (Å²) in [5.74, 6) is -1.47. The summed E-state index contributed by atoms with van der Waals surface area (Å²) in [7, 11) is 0. The monoisotopic (exact) mass is 214 g/mol. The van der Waals surface area contributed by atoms with E-state index >= 15 is 0 Å². The maximum Gasteiger partial charge on any atom is 0.325 e. The van der Waals surface area contributed by atoms with Gasteiger partial charge >= 0.3 is 5.97 Å². The molecule has 5 heteroatoms. The van der Waals surface area contributed by atoms with Crippen molar-refractivity contribution >= 4 is 11.9 Å². The molecule has 0 heterocycles. The van der Waals surface area contributed by atoms with Crippen LogP contribution in [0.25, 0.3) is 0 Å². The fraction of sp³-hybridized carbons (Fsp3) is 0.800. The van der Waals surface area contributed by atoms with Crippen LogP contribution in [-0.4, -0.2) is 29.1 Å². The lowest BCUT2D eigenvalue weighted by Crippen LogP contribution is -2.48. The topological polar surface area (TPSA) is 92.4 Å². The Labute approximate surface area is 89.0 Å². The molecular weight excluding hydrogens is 196 g/mol. The van der Waals surface area contributed by atoms with Gasteiger partial charge in [0.25, 0.3) is 0 Å². The van der Waals surface area contributed by atoms with Crippen molar-refractivity contribution in [1.82, 2.24) is 5.32 Å². The number of nitrogens with one attached hydrogen (secondary N) is 1. The van der Waals surface area contributed by atoms with Crippen LogP contribution in [0.2, 0.25) is 0 Å². The molecule has 4 N–H and O–H groups in total. The predicted molar refractivity (Wildman–Crippen MR) is 55.2 cm³/mol. The highest BCUT2D eigenvalue weighted by Crippen LogP contribution is 2.23. The second-order valence-electron chi connectivity index (χ2n) is 4.12. The number of carbonyl (C=O) groups excluding carboxylic acids is 1. The number of aliphatic carboxylic acids is 1. The summed E-state index contributed by atoms with van der Waals surface area (Å²) in [5.41, 5.74) is 5.82. The number of hydrogen-bond acceptors (Lipinski definition) is 3. The van der Waals surface area contributed by atoms with Gasteiger partial charge in [0.1, 0.15) is 6.04 Å². The molecule has 0 aliphatic heterocycles. The summed E-state index contributed by atoms with van der Waals surface area (Å²) < 4.78 is 0. The van der Waals surface area contributed by atoms with Gasteiger partial charge < -0.3 is 16.2 Å². The first kappa shape index (κ1) is 12.0. The molecule has 1 aliphatic carbocycles. The number of amides is 1. The van der Waals surface area contributed by atoms with E-state index < -0.39 is 12.0 Å². The van der Waals surface area contributed by atoms with Crippen LogP contribution in [0.3, 0.4) is 0 Å². The largest absolute Gasteiger partial charge is 0.480 e. The maximum atomic E-state index is 11.7. The first-order valence-corrected chi connectivity index (χ1v) is 5.31. The van der Waals surface area contributed by atoms with Gasteiger partial charge in [0.2, 0.25) is 5.91 Å². The Hall–Kier alpha value is -1.10. The third-order valence-electron chi connectivity index (χ3n) is 2.89. The minimum atomic E-state index is -1.02. The predicted octanol–water partition coefficient (Wildman–Crippen LogP) is 0.0932. The zero-order valence-corrected chi connectivity index (χ0v) is 8.90. The van der Waals surface area contributed by atoms with E-state index in [1.54, 1.807) is 0 Å². The molecule has 15 heavy (non-hydrogen) atoms. The van der Waals surface area contributed by atoms with Crippen LogP contribution in [-0.2, 0) is 9.59 Å². The lowest BCUT2D eigenvalue weighted by molar-refractivity contribution is -0.142. The zero-order valence-electron chi connectivity index (χ0n) is 8.90. The summed E-state index contributed by atoms with van der Waals surface area (Å²) in [6, 6.07) is -0.966. The minimum Gasteiger partial charge on any atom is -0.480 e. The Morgan fingerprint density at radius 3 is 2.53 bits per heavy atom. The minimum absolute atomic E-state index is 0.125. The highest BCUT2D eigenvalue weighted by molar-refractivity contribution is 5.85. The standard InChI is InChI=1S/C10H18N2O3/c1-6(10(14)15)12-9(13)7-4-2-3-5-8(7)11/h6-8H,2-5,11H2,1H3,(H,12,13)(H,14,15)/t6-,7?,8?/m0/s1. The molecule has 1 fully saturated rings. The molecule has 0 aromatic rings. The van der Waals surface area contributed by atoms with Gasteiger partial charge in [-0.15, -0.1) is 0 Å². The molecule has 86 valence electrons. The van der Waals surface area contributed by atoms with Gasteiger partial charge in [-0.25, -0.2) is 0 Å². The molecule has 1 saturated carbocycles. The molecule has 2 unspecified atom stereocenters. The summed E-state index contributed by atoms with van der Waals surface area (Å²) in [6.07, 6.45) is 3.66. The van der Waals surface area contributed by atoms with Crippen molar-refractivity contribution in [2.75, 3.05) is 0 Å². The normalized spacial score (nSPS) is 28.1. The summed E-state index contributed by atoms with van der Waals surface area (Å²) >= 11 is 0. The fourth-order valence-electron chi connectivity index (χ4n) is 1.87. The Balaban J connectivity index is 2.48. The summed E-state index contributed by atoms with van der Waals surface area (Å²) in [6.45, 7) is 1.45. The summed E-state index contributed by atoms with van der Waals surface area (Å²) in [4.78, 5) is 22.2. The van der Waals surface area contributed by atoms with Crippen LogP contribution in [0.4, 0.5) is 0 Å². The van der Waals surface area contributed by atoms with E-state index in [1.807, 2.05) is 0 Å². The van der Waals surface area contributed by atoms with Crippen molar-refractivity contribution in [2.45, 2.75) is 44.7 Å². The first-order valence-electron chi connectivity index (χ1n) is 5.31. The number of hydrogen-bond donors (Lipinski definition) is 3. The SMILES string of the molecule is C[C@H](NC(=O)C1CCCCC1N)C(=O)O. The molecule has 5 nitrogen and oxygen atoms in total. The zero-order chi connectivity index (χ0) is 11.4. The number of rotatable bonds is 3. The number of carboxylic acid groups (broad SMARTS) is 1. The quantitative estimate of drug-likeness (QED) is 0.621. The van der Waals surface area contributed by atoms with Crippen LogP contribution in [0.5, 0.6) is 0 Å². The second-order valence-corrected chi connectivity index (χ2v) is 4.12. The van der Waals surface area contributed by atoms with Crippen LogP contribution >= 0.6 is 0 Å². The number of carbonyl (C=O) groups is 2. The van der Waals surface area contributed by atoms with Crippen LogP contribution < -0.4 is 11.1 Å². The van der Waals surface area contributed by atoms with E-state index in [1.165, 1.54) is 6.92 Å². The smallest absolute Gasteiger partial charge is 0.325 e. The lowest BCUT2D eigenvalue weighted by atomic mass is 9.84. The van der Waals surface area contributed by atoms with E-state index in [4.69, 9.17) is 10.8 Å². The van der Waals surface area contributed by atoms with Gasteiger partial charge in [0, 0.05) is 6.04 Å². The van der Waals surface area contributed by atoms with Gasteiger partial charge in [-0.3, -0.25) is 9.59 Å². The van der Waals surface area contributed by atoms with E-state index in [0.29, 0.717) is 0 Å². The lowest BCUT2D eigenvalue weighted by Gasteiger charge is -2.28. The highest BCUT2D eigenvalue weighted by atomic mass is 16.4. The van der Waals surface area contributed by atoms with Crippen molar-refractivity contribution in [3.8, 4) is 0 Å². The Morgan fingerprint density at radius 1 is 1.40 bits per heavy atom. The molecule has 1 amide bonds. The van der Waals surface area contributed by atoms with Crippen LogP contribution in [0, 0.1) is 5.92 Å². The average molecular weight is 214 g/mol. The van der Waals surface area contributed by atoms with Gasteiger partial charge in [0.15, 0.2) is 0 Å². The average Bonchev–Trinajstić information content (AvgIpc) is 2.18. The van der Waals surface area contributed by atoms with Crippen LogP contribution in [0.1, 0.15) is 32.6 Å². The van der Waals surface area contributed by atoms with Crippen molar-refractivity contribution in [3.05, 3.63) is 0 Å². The molecule has 0 radical (unpaired) electrons. The van der Waals surface area contributed by atoms with Gasteiger partial charge in [-0.05, 0) is 19.8 Å².